The fourth-order valence-corrected chi connectivity index (χ4v) is 2.50. The van der Waals surface area contributed by atoms with Crippen LogP contribution in [0.4, 0.5) is 0 Å². The molecule has 0 radical (unpaired) electrons. The summed E-state index contributed by atoms with van der Waals surface area (Å²) in [6.07, 6.45) is 2.27. The second-order valence-electron chi connectivity index (χ2n) is 5.51. The summed E-state index contributed by atoms with van der Waals surface area (Å²) in [7, 11) is 0. The molecule has 1 saturated heterocycles. The van der Waals surface area contributed by atoms with Gasteiger partial charge < -0.3 is 10.6 Å². The van der Waals surface area contributed by atoms with Gasteiger partial charge in [-0.1, -0.05) is 30.3 Å². The fraction of sp³-hybridized carbons (Fsp3) is 0.467. The van der Waals surface area contributed by atoms with Gasteiger partial charge in [-0.15, -0.1) is 10.2 Å². The zero-order valence-corrected chi connectivity index (χ0v) is 12.6. The Labute approximate surface area is 129 Å². The van der Waals surface area contributed by atoms with Gasteiger partial charge in [-0.2, -0.15) is 4.80 Å². The standard InChI is InChI=1S/C15H20N6O/c1-11(15(22)17-10-13-8-5-9-16-13)21-19-14(18-20-21)12-6-3-2-4-7-12/h2-4,6-7,11,13,16H,5,8-10H2,1H3,(H,17,22). The average Bonchev–Trinajstić information content (AvgIpc) is 3.24. The molecule has 2 aromatic rings. The zero-order chi connectivity index (χ0) is 15.4. The van der Waals surface area contributed by atoms with Gasteiger partial charge in [0.15, 0.2) is 0 Å². The van der Waals surface area contributed by atoms with E-state index in [0.717, 1.165) is 18.5 Å². The van der Waals surface area contributed by atoms with Gasteiger partial charge in [-0.25, -0.2) is 0 Å². The van der Waals surface area contributed by atoms with Crippen LogP contribution in [0.15, 0.2) is 30.3 Å². The van der Waals surface area contributed by atoms with Crippen molar-refractivity contribution in [1.29, 1.82) is 0 Å². The van der Waals surface area contributed by atoms with E-state index >= 15 is 0 Å². The molecule has 1 aliphatic heterocycles. The molecular weight excluding hydrogens is 280 g/mol. The molecule has 7 nitrogen and oxygen atoms in total. The first-order chi connectivity index (χ1) is 10.7. The second kappa shape index (κ2) is 6.65. The highest BCUT2D eigenvalue weighted by molar-refractivity contribution is 5.79. The van der Waals surface area contributed by atoms with Crippen LogP contribution in [-0.4, -0.2) is 45.2 Å². The minimum absolute atomic E-state index is 0.0919. The molecule has 0 saturated carbocycles. The van der Waals surface area contributed by atoms with Gasteiger partial charge in [0.05, 0.1) is 0 Å². The normalized spacial score (nSPS) is 19.0. The topological polar surface area (TPSA) is 84.7 Å². The first kappa shape index (κ1) is 14.6. The van der Waals surface area contributed by atoms with Gasteiger partial charge in [0, 0.05) is 18.2 Å². The van der Waals surface area contributed by atoms with Gasteiger partial charge in [-0.05, 0) is 31.5 Å². The number of hydrogen-bond donors (Lipinski definition) is 2. The Balaban J connectivity index is 1.61. The number of benzene rings is 1. The molecule has 0 spiro atoms. The number of aromatic nitrogens is 4. The summed E-state index contributed by atoms with van der Waals surface area (Å²) in [6, 6.07) is 9.49. The lowest BCUT2D eigenvalue weighted by Crippen LogP contribution is -2.40. The fourth-order valence-electron chi connectivity index (χ4n) is 2.50. The molecule has 0 bridgehead atoms. The molecule has 2 atom stereocenters. The summed E-state index contributed by atoms with van der Waals surface area (Å²) in [5.74, 6) is 0.434. The summed E-state index contributed by atoms with van der Waals surface area (Å²) in [6.45, 7) is 3.44. The zero-order valence-electron chi connectivity index (χ0n) is 12.6. The Bertz CT molecular complexity index is 620. The summed E-state index contributed by atoms with van der Waals surface area (Å²) >= 11 is 0. The molecule has 1 aromatic heterocycles. The van der Waals surface area contributed by atoms with Crippen LogP contribution in [0, 0.1) is 0 Å². The lowest BCUT2D eigenvalue weighted by molar-refractivity contribution is -0.124. The Morgan fingerprint density at radius 2 is 2.27 bits per heavy atom. The summed E-state index contributed by atoms with van der Waals surface area (Å²) < 4.78 is 0. The van der Waals surface area contributed by atoms with E-state index in [2.05, 4.69) is 26.0 Å². The van der Waals surface area contributed by atoms with Crippen molar-refractivity contribution in [2.75, 3.05) is 13.1 Å². The highest BCUT2D eigenvalue weighted by Crippen LogP contribution is 2.13. The molecule has 1 fully saturated rings. The second-order valence-corrected chi connectivity index (χ2v) is 5.51. The molecule has 2 N–H and O–H groups in total. The number of tetrazole rings is 1. The number of hydrogen-bond acceptors (Lipinski definition) is 5. The maximum Gasteiger partial charge on any atom is 0.246 e. The maximum atomic E-state index is 12.2. The number of nitrogens with zero attached hydrogens (tertiary/aromatic N) is 4. The van der Waals surface area contributed by atoms with Crippen LogP contribution in [0.25, 0.3) is 11.4 Å². The highest BCUT2D eigenvalue weighted by atomic mass is 16.2. The van der Waals surface area contributed by atoms with Crippen molar-refractivity contribution in [1.82, 2.24) is 30.8 Å². The molecular formula is C15H20N6O. The van der Waals surface area contributed by atoms with Crippen LogP contribution in [0.2, 0.25) is 0 Å². The molecule has 2 heterocycles. The number of carbonyl (C=O) groups excluding carboxylic acids is 1. The lowest BCUT2D eigenvalue weighted by atomic mass is 10.2. The molecule has 2 unspecified atom stereocenters. The Hall–Kier alpha value is -2.28. The minimum Gasteiger partial charge on any atom is -0.353 e. The van der Waals surface area contributed by atoms with E-state index in [1.54, 1.807) is 6.92 Å². The molecule has 116 valence electrons. The third-order valence-corrected chi connectivity index (χ3v) is 3.87. The van der Waals surface area contributed by atoms with E-state index in [1.807, 2.05) is 30.3 Å². The van der Waals surface area contributed by atoms with E-state index in [1.165, 1.54) is 11.2 Å². The van der Waals surface area contributed by atoms with Crippen molar-refractivity contribution in [2.24, 2.45) is 0 Å². The third-order valence-electron chi connectivity index (χ3n) is 3.87. The van der Waals surface area contributed by atoms with E-state index in [9.17, 15) is 4.79 Å². The molecule has 3 rings (SSSR count). The molecule has 1 aromatic carbocycles. The van der Waals surface area contributed by atoms with Crippen LogP contribution < -0.4 is 10.6 Å². The largest absolute Gasteiger partial charge is 0.353 e. The number of carbonyl (C=O) groups is 1. The Kier molecular flexibility index (Phi) is 4.43. The molecule has 22 heavy (non-hydrogen) atoms. The van der Waals surface area contributed by atoms with E-state index in [-0.39, 0.29) is 5.91 Å². The van der Waals surface area contributed by atoms with E-state index < -0.39 is 6.04 Å². The minimum atomic E-state index is -0.480. The molecule has 1 aliphatic rings. The van der Waals surface area contributed by atoms with Crippen molar-refractivity contribution in [2.45, 2.75) is 31.8 Å². The molecule has 0 aliphatic carbocycles. The van der Waals surface area contributed by atoms with Crippen molar-refractivity contribution in [3.05, 3.63) is 30.3 Å². The predicted octanol–water partition coefficient (Wildman–Crippen LogP) is 0.769. The van der Waals surface area contributed by atoms with Crippen LogP contribution in [0.1, 0.15) is 25.8 Å². The van der Waals surface area contributed by atoms with Crippen LogP contribution in [-0.2, 0) is 4.79 Å². The number of rotatable bonds is 5. The summed E-state index contributed by atoms with van der Waals surface area (Å²) in [4.78, 5) is 13.5. The van der Waals surface area contributed by atoms with Crippen LogP contribution >= 0.6 is 0 Å². The number of amides is 1. The monoisotopic (exact) mass is 300 g/mol. The van der Waals surface area contributed by atoms with Crippen LogP contribution in [0.3, 0.4) is 0 Å². The van der Waals surface area contributed by atoms with E-state index in [4.69, 9.17) is 0 Å². The number of nitrogens with one attached hydrogen (secondary N) is 2. The first-order valence-electron chi connectivity index (χ1n) is 7.60. The van der Waals surface area contributed by atoms with Gasteiger partial charge >= 0.3 is 0 Å². The van der Waals surface area contributed by atoms with Crippen molar-refractivity contribution >= 4 is 5.91 Å². The van der Waals surface area contributed by atoms with Gasteiger partial charge in [-0.3, -0.25) is 4.79 Å². The molecule has 7 heteroatoms. The van der Waals surface area contributed by atoms with E-state index in [0.29, 0.717) is 18.4 Å². The third kappa shape index (κ3) is 3.30. The van der Waals surface area contributed by atoms with Crippen molar-refractivity contribution < 1.29 is 4.79 Å². The SMILES string of the molecule is CC(C(=O)NCC1CCCN1)n1nnc(-c2ccccc2)n1. The highest BCUT2D eigenvalue weighted by Gasteiger charge is 2.20. The summed E-state index contributed by atoms with van der Waals surface area (Å²) in [5, 5.41) is 18.6. The predicted molar refractivity (Wildman–Crippen MR) is 82.0 cm³/mol. The van der Waals surface area contributed by atoms with Gasteiger partial charge in [0.25, 0.3) is 0 Å². The van der Waals surface area contributed by atoms with Gasteiger partial charge in [0.2, 0.25) is 11.7 Å². The quantitative estimate of drug-likeness (QED) is 0.852. The van der Waals surface area contributed by atoms with Crippen LogP contribution in [0.5, 0.6) is 0 Å². The first-order valence-corrected chi connectivity index (χ1v) is 7.60. The molecule has 1 amide bonds. The maximum absolute atomic E-state index is 12.2. The Morgan fingerprint density at radius 3 is 3.00 bits per heavy atom. The summed E-state index contributed by atoms with van der Waals surface area (Å²) in [5.41, 5.74) is 0.886. The van der Waals surface area contributed by atoms with Crippen molar-refractivity contribution in [3.8, 4) is 11.4 Å². The van der Waals surface area contributed by atoms with Gasteiger partial charge in [0.1, 0.15) is 6.04 Å². The van der Waals surface area contributed by atoms with Crippen molar-refractivity contribution in [3.63, 3.8) is 0 Å². The lowest BCUT2D eigenvalue weighted by Gasteiger charge is -2.14. The average molecular weight is 300 g/mol. The smallest absolute Gasteiger partial charge is 0.246 e. The Morgan fingerprint density at radius 1 is 1.45 bits per heavy atom.